The molecule has 5 nitrogen and oxygen atoms in total. The number of anilines is 3. The number of primary amides is 1. The molecule has 0 aliphatic carbocycles. The van der Waals surface area contributed by atoms with Crippen molar-refractivity contribution in [3.05, 3.63) is 47.3 Å². The van der Waals surface area contributed by atoms with Crippen molar-refractivity contribution in [3.63, 3.8) is 0 Å². The minimum Gasteiger partial charge on any atom is -0.495 e. The van der Waals surface area contributed by atoms with Crippen molar-refractivity contribution in [1.29, 1.82) is 0 Å². The van der Waals surface area contributed by atoms with E-state index in [0.29, 0.717) is 11.4 Å². The summed E-state index contributed by atoms with van der Waals surface area (Å²) in [6, 6.07) is 7.79. The number of nitrogens with two attached hydrogens (primary N) is 2. The highest BCUT2D eigenvalue weighted by atomic mass is 19.1. The van der Waals surface area contributed by atoms with Crippen LogP contribution in [0.15, 0.2) is 30.3 Å². The van der Waals surface area contributed by atoms with E-state index in [9.17, 15) is 9.18 Å². The summed E-state index contributed by atoms with van der Waals surface area (Å²) in [7, 11) is 1.52. The van der Waals surface area contributed by atoms with Crippen LogP contribution in [0, 0.1) is 12.7 Å². The number of hydrogen-bond donors (Lipinski definition) is 3. The third-order valence-electron chi connectivity index (χ3n) is 3.03. The van der Waals surface area contributed by atoms with Gasteiger partial charge in [-0.25, -0.2) is 4.39 Å². The van der Waals surface area contributed by atoms with Gasteiger partial charge in [-0.2, -0.15) is 0 Å². The van der Waals surface area contributed by atoms with Crippen LogP contribution in [0.2, 0.25) is 0 Å². The normalized spacial score (nSPS) is 10.2. The topological polar surface area (TPSA) is 90.4 Å². The molecule has 6 heteroatoms. The molecule has 0 saturated heterocycles. The predicted molar refractivity (Wildman–Crippen MR) is 80.3 cm³/mol. The zero-order valence-electron chi connectivity index (χ0n) is 11.7. The lowest BCUT2D eigenvalue weighted by Gasteiger charge is -2.14. The number of ether oxygens (including phenoxy) is 1. The van der Waals surface area contributed by atoms with Gasteiger partial charge in [-0.1, -0.05) is 6.07 Å². The van der Waals surface area contributed by atoms with Gasteiger partial charge in [0.15, 0.2) is 0 Å². The van der Waals surface area contributed by atoms with E-state index in [0.717, 1.165) is 11.6 Å². The molecule has 0 heterocycles. The SMILES string of the molecule is COc1ccc(C)cc1Nc1cc(C(N)=O)c(N)cc1F. The van der Waals surface area contributed by atoms with E-state index in [-0.39, 0.29) is 16.9 Å². The quantitative estimate of drug-likeness (QED) is 0.754. The summed E-state index contributed by atoms with van der Waals surface area (Å²) >= 11 is 0. The van der Waals surface area contributed by atoms with Gasteiger partial charge in [-0.3, -0.25) is 4.79 Å². The van der Waals surface area contributed by atoms with Gasteiger partial charge in [-0.05, 0) is 36.8 Å². The fourth-order valence-electron chi connectivity index (χ4n) is 1.96. The van der Waals surface area contributed by atoms with E-state index in [4.69, 9.17) is 16.2 Å². The van der Waals surface area contributed by atoms with Crippen molar-refractivity contribution < 1.29 is 13.9 Å². The molecule has 2 aromatic rings. The Morgan fingerprint density at radius 1 is 1.24 bits per heavy atom. The summed E-state index contributed by atoms with van der Waals surface area (Å²) in [5.41, 5.74) is 12.5. The summed E-state index contributed by atoms with van der Waals surface area (Å²) in [6.07, 6.45) is 0. The van der Waals surface area contributed by atoms with Crippen molar-refractivity contribution in [2.24, 2.45) is 5.73 Å². The lowest BCUT2D eigenvalue weighted by Crippen LogP contribution is -2.14. The monoisotopic (exact) mass is 289 g/mol. The second kappa shape index (κ2) is 5.70. The number of hydrogen-bond acceptors (Lipinski definition) is 4. The lowest BCUT2D eigenvalue weighted by molar-refractivity contribution is 0.100. The highest BCUT2D eigenvalue weighted by Crippen LogP contribution is 2.31. The molecule has 21 heavy (non-hydrogen) atoms. The predicted octanol–water partition coefficient (Wildman–Crippen LogP) is 2.57. The van der Waals surface area contributed by atoms with Crippen LogP contribution in [0.1, 0.15) is 15.9 Å². The Labute approximate surface area is 121 Å². The molecule has 0 spiro atoms. The molecule has 0 bridgehead atoms. The lowest BCUT2D eigenvalue weighted by atomic mass is 10.1. The molecule has 1 amide bonds. The van der Waals surface area contributed by atoms with Gasteiger partial charge < -0.3 is 21.5 Å². The standard InChI is InChI=1S/C15H16FN3O2/c1-8-3-4-14(21-2)13(5-8)19-12-6-9(15(18)20)11(17)7-10(12)16/h3-7,19H,17H2,1-2H3,(H2,18,20). The number of nitrogen functional groups attached to an aromatic ring is 1. The summed E-state index contributed by atoms with van der Waals surface area (Å²) < 4.78 is 19.2. The minimum absolute atomic E-state index is 0.00163. The average Bonchev–Trinajstić information content (AvgIpc) is 2.41. The van der Waals surface area contributed by atoms with E-state index >= 15 is 0 Å². The van der Waals surface area contributed by atoms with Gasteiger partial charge in [0.05, 0.1) is 24.0 Å². The first-order chi connectivity index (χ1) is 9.92. The maximum atomic E-state index is 14.0. The van der Waals surface area contributed by atoms with E-state index in [1.165, 1.54) is 13.2 Å². The van der Waals surface area contributed by atoms with E-state index < -0.39 is 11.7 Å². The first-order valence-electron chi connectivity index (χ1n) is 6.23. The van der Waals surface area contributed by atoms with Crippen LogP contribution < -0.4 is 21.5 Å². The summed E-state index contributed by atoms with van der Waals surface area (Å²) in [6.45, 7) is 1.90. The van der Waals surface area contributed by atoms with Crippen LogP contribution in [-0.4, -0.2) is 13.0 Å². The van der Waals surface area contributed by atoms with Gasteiger partial charge in [0.2, 0.25) is 0 Å². The second-order valence-corrected chi connectivity index (χ2v) is 4.61. The number of nitrogens with one attached hydrogen (secondary N) is 1. The molecule has 0 atom stereocenters. The van der Waals surface area contributed by atoms with E-state index in [2.05, 4.69) is 5.32 Å². The van der Waals surface area contributed by atoms with Crippen LogP contribution >= 0.6 is 0 Å². The summed E-state index contributed by atoms with van der Waals surface area (Å²) in [4.78, 5) is 11.3. The minimum atomic E-state index is -0.716. The zero-order chi connectivity index (χ0) is 15.6. The Balaban J connectivity index is 2.46. The van der Waals surface area contributed by atoms with Gasteiger partial charge in [0.1, 0.15) is 11.6 Å². The highest BCUT2D eigenvalue weighted by Gasteiger charge is 2.13. The van der Waals surface area contributed by atoms with Gasteiger partial charge in [0.25, 0.3) is 5.91 Å². The van der Waals surface area contributed by atoms with Crippen molar-refractivity contribution in [1.82, 2.24) is 0 Å². The number of halogens is 1. The maximum absolute atomic E-state index is 14.0. The Kier molecular flexibility index (Phi) is 3.98. The fraction of sp³-hybridized carbons (Fsp3) is 0.133. The zero-order valence-corrected chi connectivity index (χ0v) is 11.7. The summed E-state index contributed by atoms with van der Waals surface area (Å²) in [5.74, 6) is -0.745. The van der Waals surface area contributed by atoms with Crippen molar-refractivity contribution in [2.75, 3.05) is 18.2 Å². The largest absolute Gasteiger partial charge is 0.495 e. The molecule has 5 N–H and O–H groups in total. The Morgan fingerprint density at radius 3 is 2.57 bits per heavy atom. The summed E-state index contributed by atoms with van der Waals surface area (Å²) in [5, 5.41) is 2.89. The molecule has 0 fully saturated rings. The maximum Gasteiger partial charge on any atom is 0.250 e. The van der Waals surface area contributed by atoms with Gasteiger partial charge >= 0.3 is 0 Å². The van der Waals surface area contributed by atoms with Crippen LogP contribution in [-0.2, 0) is 0 Å². The molecule has 0 unspecified atom stereocenters. The van der Waals surface area contributed by atoms with E-state index in [1.807, 2.05) is 13.0 Å². The number of rotatable bonds is 4. The van der Waals surface area contributed by atoms with Crippen molar-refractivity contribution in [2.45, 2.75) is 6.92 Å². The van der Waals surface area contributed by atoms with Crippen LogP contribution in [0.3, 0.4) is 0 Å². The molecule has 2 rings (SSSR count). The molecule has 110 valence electrons. The third-order valence-corrected chi connectivity index (χ3v) is 3.03. The first kappa shape index (κ1) is 14.6. The third kappa shape index (κ3) is 3.05. The molecule has 0 aromatic heterocycles. The highest BCUT2D eigenvalue weighted by molar-refractivity contribution is 5.99. The molecule has 0 saturated carbocycles. The molecule has 2 aromatic carbocycles. The van der Waals surface area contributed by atoms with Crippen LogP contribution in [0.25, 0.3) is 0 Å². The fourth-order valence-corrected chi connectivity index (χ4v) is 1.96. The Hall–Kier alpha value is -2.76. The van der Waals surface area contributed by atoms with Gasteiger partial charge in [-0.15, -0.1) is 0 Å². The second-order valence-electron chi connectivity index (χ2n) is 4.61. The molecule has 0 radical (unpaired) electrons. The van der Waals surface area contributed by atoms with Gasteiger partial charge in [0, 0.05) is 5.69 Å². The van der Waals surface area contributed by atoms with Crippen LogP contribution in [0.5, 0.6) is 5.75 Å². The van der Waals surface area contributed by atoms with Crippen LogP contribution in [0.4, 0.5) is 21.5 Å². The number of methoxy groups -OCH3 is 1. The molecule has 0 aliphatic heterocycles. The average molecular weight is 289 g/mol. The molecule has 0 aliphatic rings. The molecular formula is C15H16FN3O2. The number of amides is 1. The van der Waals surface area contributed by atoms with Crippen molar-refractivity contribution >= 4 is 23.0 Å². The first-order valence-corrected chi connectivity index (χ1v) is 6.23. The van der Waals surface area contributed by atoms with Crippen molar-refractivity contribution in [3.8, 4) is 5.75 Å². The smallest absolute Gasteiger partial charge is 0.250 e. The molecular weight excluding hydrogens is 273 g/mol. The Bertz CT molecular complexity index is 702. The number of benzene rings is 2. The number of aryl methyl sites for hydroxylation is 1. The number of carbonyl (C=O) groups excluding carboxylic acids is 1. The van der Waals surface area contributed by atoms with E-state index in [1.54, 1.807) is 12.1 Å². The Morgan fingerprint density at radius 2 is 1.95 bits per heavy atom. The number of carbonyl (C=O) groups is 1.